The minimum Gasteiger partial charge on any atom is -0.356 e. The van der Waals surface area contributed by atoms with Gasteiger partial charge in [-0.05, 0) is 45.2 Å². The molecule has 0 aromatic carbocycles. The molecule has 2 saturated heterocycles. The molecule has 0 radical (unpaired) electrons. The van der Waals surface area contributed by atoms with Gasteiger partial charge in [-0.15, -0.1) is 0 Å². The summed E-state index contributed by atoms with van der Waals surface area (Å²) in [4.78, 5) is 14.6. The van der Waals surface area contributed by atoms with Crippen molar-refractivity contribution < 1.29 is 4.52 Å². The third-order valence-corrected chi connectivity index (χ3v) is 6.29. The fourth-order valence-electron chi connectivity index (χ4n) is 4.65. The van der Waals surface area contributed by atoms with Crippen molar-refractivity contribution in [2.45, 2.75) is 45.1 Å². The van der Waals surface area contributed by atoms with Gasteiger partial charge in [0.15, 0.2) is 5.76 Å². The minimum atomic E-state index is 0.344. The average Bonchev–Trinajstić information content (AvgIpc) is 3.52. The number of hydrogen-bond acceptors (Lipinski definition) is 7. The summed E-state index contributed by atoms with van der Waals surface area (Å²) in [7, 11) is 2.01. The van der Waals surface area contributed by atoms with Gasteiger partial charge in [-0.2, -0.15) is 5.10 Å². The van der Waals surface area contributed by atoms with Crippen LogP contribution in [0.25, 0.3) is 11.3 Å². The lowest BCUT2D eigenvalue weighted by Gasteiger charge is -2.33. The zero-order chi connectivity index (χ0) is 20.5. The van der Waals surface area contributed by atoms with Crippen molar-refractivity contribution >= 4 is 5.95 Å². The summed E-state index contributed by atoms with van der Waals surface area (Å²) in [6.07, 6.45) is 8.51. The van der Waals surface area contributed by atoms with Crippen LogP contribution in [0.15, 0.2) is 29.0 Å². The average molecular weight is 408 g/mol. The number of aryl methyl sites for hydroxylation is 2. The molecule has 3 aromatic rings. The zero-order valence-corrected chi connectivity index (χ0v) is 17.8. The van der Waals surface area contributed by atoms with Crippen molar-refractivity contribution in [1.82, 2.24) is 29.8 Å². The molecule has 0 spiro atoms. The maximum absolute atomic E-state index is 5.61. The Balaban J connectivity index is 1.45. The summed E-state index contributed by atoms with van der Waals surface area (Å²) in [6, 6.07) is 4.08. The van der Waals surface area contributed by atoms with E-state index in [9.17, 15) is 0 Å². The Bertz CT molecular complexity index is 1000. The standard InChI is InChI=1S/C22H29N7O/c1-16-12-20(30-26-16)19-13-23-22(29-10-3-4-11-29)25-21(19)17-6-5-9-28(14-17)15-18-7-8-24-27(18)2/h7-8,12-13,17H,3-6,9-11,14-15H2,1-2H3/t17-/m1/s1. The summed E-state index contributed by atoms with van der Waals surface area (Å²) in [6.45, 7) is 7.01. The number of hydrogen-bond donors (Lipinski definition) is 0. The molecule has 2 fully saturated rings. The van der Waals surface area contributed by atoms with Gasteiger partial charge in [-0.3, -0.25) is 9.58 Å². The predicted octanol–water partition coefficient (Wildman–Crippen LogP) is 3.15. The van der Waals surface area contributed by atoms with Gasteiger partial charge in [0, 0.05) is 57.6 Å². The number of piperidine rings is 1. The van der Waals surface area contributed by atoms with Crippen LogP contribution < -0.4 is 4.90 Å². The highest BCUT2D eigenvalue weighted by molar-refractivity contribution is 5.61. The second kappa shape index (κ2) is 8.18. The molecule has 0 N–H and O–H groups in total. The van der Waals surface area contributed by atoms with Gasteiger partial charge in [0.2, 0.25) is 5.95 Å². The molecule has 2 aliphatic rings. The quantitative estimate of drug-likeness (QED) is 0.643. The van der Waals surface area contributed by atoms with Crippen LogP contribution in [0.2, 0.25) is 0 Å². The fraction of sp³-hybridized carbons (Fsp3) is 0.545. The Morgan fingerprint density at radius 3 is 2.77 bits per heavy atom. The Hall–Kier alpha value is -2.74. The number of rotatable bonds is 5. The van der Waals surface area contributed by atoms with Gasteiger partial charge in [-0.25, -0.2) is 9.97 Å². The highest BCUT2D eigenvalue weighted by Gasteiger charge is 2.28. The van der Waals surface area contributed by atoms with E-state index in [1.807, 2.05) is 37.1 Å². The third kappa shape index (κ3) is 3.84. The topological polar surface area (TPSA) is 76.1 Å². The first kappa shape index (κ1) is 19.2. The van der Waals surface area contributed by atoms with Crippen LogP contribution in [0, 0.1) is 6.92 Å². The van der Waals surface area contributed by atoms with Crippen LogP contribution in [0.5, 0.6) is 0 Å². The van der Waals surface area contributed by atoms with Crippen molar-refractivity contribution in [3.63, 3.8) is 0 Å². The van der Waals surface area contributed by atoms with Gasteiger partial charge in [0.25, 0.3) is 0 Å². The molecular weight excluding hydrogens is 378 g/mol. The minimum absolute atomic E-state index is 0.344. The molecule has 1 atom stereocenters. The fourth-order valence-corrected chi connectivity index (χ4v) is 4.65. The summed E-state index contributed by atoms with van der Waals surface area (Å²) in [5, 5.41) is 8.41. The van der Waals surface area contributed by atoms with E-state index < -0.39 is 0 Å². The number of likely N-dealkylation sites (tertiary alicyclic amines) is 1. The number of anilines is 1. The lowest BCUT2D eigenvalue weighted by atomic mass is 9.91. The normalized spacial score (nSPS) is 20.2. The summed E-state index contributed by atoms with van der Waals surface area (Å²) < 4.78 is 7.57. The van der Waals surface area contributed by atoms with Crippen molar-refractivity contribution in [2.24, 2.45) is 7.05 Å². The SMILES string of the molecule is Cc1cc(-c2cnc(N3CCCC3)nc2[C@@H]2CCCN(Cc3ccnn3C)C2)on1. The molecule has 3 aromatic heterocycles. The molecule has 0 aliphatic carbocycles. The molecule has 158 valence electrons. The van der Waals surface area contributed by atoms with E-state index >= 15 is 0 Å². The first-order valence-electron chi connectivity index (χ1n) is 10.9. The van der Waals surface area contributed by atoms with Crippen LogP contribution in [0.3, 0.4) is 0 Å². The molecule has 0 bridgehead atoms. The van der Waals surface area contributed by atoms with Gasteiger partial charge in [-0.1, -0.05) is 5.16 Å². The maximum atomic E-state index is 5.61. The van der Waals surface area contributed by atoms with Crippen molar-refractivity contribution in [3.05, 3.63) is 41.6 Å². The van der Waals surface area contributed by atoms with Crippen LogP contribution in [0.4, 0.5) is 5.95 Å². The van der Waals surface area contributed by atoms with E-state index in [4.69, 9.17) is 14.5 Å². The first-order valence-corrected chi connectivity index (χ1v) is 10.9. The summed E-state index contributed by atoms with van der Waals surface area (Å²) >= 11 is 0. The second-order valence-electron chi connectivity index (χ2n) is 8.52. The van der Waals surface area contributed by atoms with Gasteiger partial charge in [0.05, 0.1) is 22.6 Å². The molecular formula is C22H29N7O. The molecule has 8 nitrogen and oxygen atoms in total. The smallest absolute Gasteiger partial charge is 0.225 e. The van der Waals surface area contributed by atoms with Gasteiger partial charge in [0.1, 0.15) is 0 Å². The predicted molar refractivity (Wildman–Crippen MR) is 114 cm³/mol. The van der Waals surface area contributed by atoms with E-state index in [-0.39, 0.29) is 0 Å². The molecule has 30 heavy (non-hydrogen) atoms. The Morgan fingerprint density at radius 1 is 1.17 bits per heavy atom. The molecule has 0 saturated carbocycles. The molecule has 5 rings (SSSR count). The van der Waals surface area contributed by atoms with E-state index in [0.717, 1.165) is 74.2 Å². The van der Waals surface area contributed by atoms with E-state index in [1.54, 1.807) is 0 Å². The molecule has 0 unspecified atom stereocenters. The van der Waals surface area contributed by atoms with Crippen LogP contribution >= 0.6 is 0 Å². The highest BCUT2D eigenvalue weighted by atomic mass is 16.5. The second-order valence-corrected chi connectivity index (χ2v) is 8.52. The number of aromatic nitrogens is 5. The van der Waals surface area contributed by atoms with E-state index in [0.29, 0.717) is 5.92 Å². The molecule has 8 heteroatoms. The summed E-state index contributed by atoms with van der Waals surface area (Å²) in [5.74, 6) is 1.96. The maximum Gasteiger partial charge on any atom is 0.225 e. The monoisotopic (exact) mass is 407 g/mol. The van der Waals surface area contributed by atoms with Crippen LogP contribution in [-0.4, -0.2) is 56.0 Å². The van der Waals surface area contributed by atoms with Crippen LogP contribution in [0.1, 0.15) is 48.7 Å². The van der Waals surface area contributed by atoms with E-state index in [2.05, 4.69) is 26.1 Å². The largest absolute Gasteiger partial charge is 0.356 e. The van der Waals surface area contributed by atoms with Gasteiger partial charge < -0.3 is 9.42 Å². The van der Waals surface area contributed by atoms with Crippen molar-refractivity contribution in [3.8, 4) is 11.3 Å². The molecule has 2 aliphatic heterocycles. The number of nitrogens with zero attached hydrogens (tertiary/aromatic N) is 7. The zero-order valence-electron chi connectivity index (χ0n) is 17.8. The summed E-state index contributed by atoms with van der Waals surface area (Å²) in [5.41, 5.74) is 4.19. The van der Waals surface area contributed by atoms with Gasteiger partial charge >= 0.3 is 0 Å². The third-order valence-electron chi connectivity index (χ3n) is 6.29. The molecule has 0 amide bonds. The lowest BCUT2D eigenvalue weighted by Crippen LogP contribution is -2.35. The Kier molecular flexibility index (Phi) is 5.25. The van der Waals surface area contributed by atoms with E-state index in [1.165, 1.54) is 18.5 Å². The Labute approximate surface area is 176 Å². The highest BCUT2D eigenvalue weighted by Crippen LogP contribution is 2.35. The van der Waals surface area contributed by atoms with Crippen molar-refractivity contribution in [2.75, 3.05) is 31.1 Å². The Morgan fingerprint density at radius 2 is 2.03 bits per heavy atom. The first-order chi connectivity index (χ1) is 14.7. The van der Waals surface area contributed by atoms with Crippen LogP contribution in [-0.2, 0) is 13.6 Å². The van der Waals surface area contributed by atoms with Crippen molar-refractivity contribution in [1.29, 1.82) is 0 Å². The molecule has 5 heterocycles. The lowest BCUT2D eigenvalue weighted by molar-refractivity contribution is 0.194.